The maximum atomic E-state index is 4.54. The molecule has 0 aliphatic heterocycles. The maximum absolute atomic E-state index is 4.54. The Kier molecular flexibility index (Phi) is 5.26. The van der Waals surface area contributed by atoms with E-state index in [1.54, 1.807) is 0 Å². The summed E-state index contributed by atoms with van der Waals surface area (Å²) in [6.45, 7) is 9.75. The van der Waals surface area contributed by atoms with Crippen molar-refractivity contribution in [2.45, 2.75) is 53.0 Å². The molecule has 0 aromatic carbocycles. The van der Waals surface area contributed by atoms with Gasteiger partial charge in [0.2, 0.25) is 0 Å². The monoisotopic (exact) mass is 226 g/mol. The van der Waals surface area contributed by atoms with Crippen LogP contribution in [0.4, 0.5) is 0 Å². The largest absolute Gasteiger partial charge is 0.314 e. The summed E-state index contributed by atoms with van der Waals surface area (Å²) < 4.78 is 0. The Morgan fingerprint density at radius 2 is 1.93 bits per heavy atom. The van der Waals surface area contributed by atoms with Crippen molar-refractivity contribution in [1.82, 2.24) is 10.3 Å². The number of hydrogen-bond donors (Lipinski definition) is 1. The lowest BCUT2D eigenvalue weighted by Crippen LogP contribution is -2.29. The molecule has 1 N–H and O–H groups in total. The van der Waals surface area contributed by atoms with Gasteiger partial charge < -0.3 is 5.32 Å². The van der Waals surface area contributed by atoms with Crippen molar-refractivity contribution >= 4 is 11.3 Å². The van der Waals surface area contributed by atoms with Crippen LogP contribution in [0.3, 0.4) is 0 Å². The van der Waals surface area contributed by atoms with Gasteiger partial charge in [0, 0.05) is 23.9 Å². The van der Waals surface area contributed by atoms with Crippen molar-refractivity contribution < 1.29 is 0 Å². The third kappa shape index (κ3) is 3.92. The molecule has 3 heteroatoms. The van der Waals surface area contributed by atoms with Crippen LogP contribution in [0.5, 0.6) is 0 Å². The first-order chi connectivity index (χ1) is 7.17. The topological polar surface area (TPSA) is 24.9 Å². The van der Waals surface area contributed by atoms with Crippen molar-refractivity contribution in [3.63, 3.8) is 0 Å². The molecule has 0 aliphatic rings. The molecular weight excluding hydrogens is 204 g/mol. The van der Waals surface area contributed by atoms with Crippen LogP contribution in [-0.4, -0.2) is 17.6 Å². The number of aromatic nitrogens is 1. The maximum Gasteiger partial charge on any atom is 0.0943 e. The van der Waals surface area contributed by atoms with E-state index < -0.39 is 0 Å². The van der Waals surface area contributed by atoms with Crippen molar-refractivity contribution in [1.29, 1.82) is 0 Å². The molecule has 1 aromatic rings. The second-order valence-corrected chi connectivity index (χ2v) is 5.25. The smallest absolute Gasteiger partial charge is 0.0943 e. The van der Waals surface area contributed by atoms with Gasteiger partial charge in [-0.15, -0.1) is 11.3 Å². The highest BCUT2D eigenvalue weighted by Gasteiger charge is 2.05. The van der Waals surface area contributed by atoms with E-state index in [9.17, 15) is 0 Å². The lowest BCUT2D eigenvalue weighted by molar-refractivity contribution is 0.488. The molecule has 1 aromatic heterocycles. The van der Waals surface area contributed by atoms with Gasteiger partial charge in [-0.2, -0.15) is 0 Å². The van der Waals surface area contributed by atoms with Gasteiger partial charge >= 0.3 is 0 Å². The average Bonchev–Trinajstić information content (AvgIpc) is 2.53. The van der Waals surface area contributed by atoms with Crippen LogP contribution >= 0.6 is 11.3 Å². The highest BCUT2D eigenvalue weighted by atomic mass is 32.1. The Bertz CT molecular complexity index is 270. The first kappa shape index (κ1) is 12.7. The Labute approximate surface area is 97.1 Å². The molecule has 0 fully saturated rings. The average molecular weight is 226 g/mol. The summed E-state index contributed by atoms with van der Waals surface area (Å²) in [5.74, 6) is 0. The highest BCUT2D eigenvalue weighted by Crippen LogP contribution is 2.16. The van der Waals surface area contributed by atoms with Crippen molar-refractivity contribution in [2.24, 2.45) is 0 Å². The van der Waals surface area contributed by atoms with Crippen LogP contribution in [0.1, 0.15) is 42.3 Å². The molecule has 0 radical (unpaired) electrons. The van der Waals surface area contributed by atoms with Crippen molar-refractivity contribution in [3.8, 4) is 0 Å². The minimum atomic E-state index is 0.673. The van der Waals surface area contributed by atoms with Gasteiger partial charge in [0.1, 0.15) is 0 Å². The van der Waals surface area contributed by atoms with Crippen LogP contribution in [-0.2, 0) is 6.42 Å². The van der Waals surface area contributed by atoms with Gasteiger partial charge in [-0.3, -0.25) is 0 Å². The normalized spacial score (nSPS) is 11.3. The van der Waals surface area contributed by atoms with E-state index >= 15 is 0 Å². The van der Waals surface area contributed by atoms with Crippen molar-refractivity contribution in [3.05, 3.63) is 15.6 Å². The molecule has 0 atom stereocenters. The minimum absolute atomic E-state index is 0.673. The van der Waals surface area contributed by atoms with Gasteiger partial charge in [0.25, 0.3) is 0 Å². The third-order valence-corrected chi connectivity index (χ3v) is 3.96. The second kappa shape index (κ2) is 6.23. The van der Waals surface area contributed by atoms with Crippen LogP contribution in [0.15, 0.2) is 0 Å². The summed E-state index contributed by atoms with van der Waals surface area (Å²) >= 11 is 1.83. The summed E-state index contributed by atoms with van der Waals surface area (Å²) in [6, 6.07) is 0.673. The van der Waals surface area contributed by atoms with Crippen LogP contribution in [0, 0.1) is 13.8 Å². The lowest BCUT2D eigenvalue weighted by Gasteiger charge is -2.13. The molecule has 0 bridgehead atoms. The number of rotatable bonds is 6. The van der Waals surface area contributed by atoms with Crippen LogP contribution < -0.4 is 5.32 Å². The Morgan fingerprint density at radius 1 is 1.27 bits per heavy atom. The zero-order valence-corrected chi connectivity index (χ0v) is 11.1. The number of thiazole rings is 1. The van der Waals surface area contributed by atoms with Gasteiger partial charge in [-0.1, -0.05) is 13.8 Å². The number of nitrogens with one attached hydrogen (secondary N) is 1. The zero-order chi connectivity index (χ0) is 11.3. The molecule has 2 nitrogen and oxygen atoms in total. The molecule has 0 aliphatic carbocycles. The summed E-state index contributed by atoms with van der Waals surface area (Å²) in [5, 5.41) is 4.83. The van der Waals surface area contributed by atoms with Crippen molar-refractivity contribution in [2.75, 3.05) is 6.54 Å². The number of nitrogens with zero attached hydrogens (tertiary/aromatic N) is 1. The van der Waals surface area contributed by atoms with E-state index in [-0.39, 0.29) is 0 Å². The Hall–Kier alpha value is -0.410. The molecule has 15 heavy (non-hydrogen) atoms. The van der Waals surface area contributed by atoms with Gasteiger partial charge in [0.05, 0.1) is 10.7 Å². The third-order valence-electron chi connectivity index (χ3n) is 2.83. The molecule has 0 spiro atoms. The first-order valence-electron chi connectivity index (χ1n) is 5.83. The SMILES string of the molecule is CCC(CC)NCCc1nc(C)c(C)s1. The fraction of sp³-hybridized carbons (Fsp3) is 0.750. The Balaban J connectivity index is 2.31. The second-order valence-electron chi connectivity index (χ2n) is 3.97. The summed E-state index contributed by atoms with van der Waals surface area (Å²) in [5.41, 5.74) is 1.19. The summed E-state index contributed by atoms with van der Waals surface area (Å²) in [7, 11) is 0. The molecule has 1 heterocycles. The fourth-order valence-electron chi connectivity index (χ4n) is 1.61. The van der Waals surface area contributed by atoms with Gasteiger partial charge in [0.15, 0.2) is 0 Å². The lowest BCUT2D eigenvalue weighted by atomic mass is 10.2. The molecule has 0 amide bonds. The number of aryl methyl sites for hydroxylation is 2. The van der Waals surface area contributed by atoms with Gasteiger partial charge in [-0.25, -0.2) is 4.98 Å². The van der Waals surface area contributed by atoms with E-state index in [4.69, 9.17) is 0 Å². The predicted molar refractivity (Wildman–Crippen MR) is 67.7 cm³/mol. The molecule has 1 rings (SSSR count). The highest BCUT2D eigenvalue weighted by molar-refractivity contribution is 7.11. The summed E-state index contributed by atoms with van der Waals surface area (Å²) in [6.07, 6.45) is 3.49. The van der Waals surface area contributed by atoms with Crippen LogP contribution in [0.2, 0.25) is 0 Å². The fourth-order valence-corrected chi connectivity index (χ4v) is 2.54. The molecule has 0 unspecified atom stereocenters. The quantitative estimate of drug-likeness (QED) is 0.806. The van der Waals surface area contributed by atoms with Crippen LogP contribution in [0.25, 0.3) is 0 Å². The Morgan fingerprint density at radius 3 is 2.40 bits per heavy atom. The minimum Gasteiger partial charge on any atom is -0.314 e. The van der Waals surface area contributed by atoms with Gasteiger partial charge in [-0.05, 0) is 26.7 Å². The number of hydrogen-bond acceptors (Lipinski definition) is 3. The first-order valence-corrected chi connectivity index (χ1v) is 6.65. The zero-order valence-electron chi connectivity index (χ0n) is 10.3. The summed E-state index contributed by atoms with van der Waals surface area (Å²) in [4.78, 5) is 5.89. The predicted octanol–water partition coefficient (Wildman–Crippen LogP) is 3.08. The molecular formula is C12H22N2S. The van der Waals surface area contributed by atoms with E-state index in [2.05, 4.69) is 38.0 Å². The van der Waals surface area contributed by atoms with E-state index in [0.29, 0.717) is 6.04 Å². The van der Waals surface area contributed by atoms with E-state index in [1.807, 2.05) is 11.3 Å². The standard InChI is InChI=1S/C12H22N2S/c1-5-11(6-2)13-8-7-12-14-9(3)10(4)15-12/h11,13H,5-8H2,1-4H3. The van der Waals surface area contributed by atoms with E-state index in [1.165, 1.54) is 28.4 Å². The molecule has 0 saturated heterocycles. The molecule has 0 saturated carbocycles. The van der Waals surface area contributed by atoms with E-state index in [0.717, 1.165) is 13.0 Å². The molecule has 86 valence electrons.